The van der Waals surface area contributed by atoms with Crippen molar-refractivity contribution in [2.75, 3.05) is 6.54 Å². The Hall–Kier alpha value is -1.44. The van der Waals surface area contributed by atoms with Gasteiger partial charge in [0.25, 0.3) is 0 Å². The van der Waals surface area contributed by atoms with E-state index in [1.54, 1.807) is 6.07 Å². The van der Waals surface area contributed by atoms with Crippen molar-refractivity contribution in [3.05, 3.63) is 35.1 Å². The van der Waals surface area contributed by atoms with E-state index in [-0.39, 0.29) is 11.7 Å². The van der Waals surface area contributed by atoms with Crippen LogP contribution in [0, 0.1) is 23.1 Å². The average Bonchev–Trinajstić information content (AvgIpc) is 2.29. The smallest absolute Gasteiger partial charge is 0.140 e. The summed E-state index contributed by atoms with van der Waals surface area (Å²) in [5.74, 6) is 0.103. The molecular weight excluding hydrogens is 219 g/mol. The van der Waals surface area contributed by atoms with E-state index in [2.05, 4.69) is 0 Å². The second-order valence-electron chi connectivity index (χ2n) is 4.43. The summed E-state index contributed by atoms with van der Waals surface area (Å²) >= 11 is 0. The fourth-order valence-electron chi connectivity index (χ4n) is 1.97. The first-order chi connectivity index (χ1) is 8.22. The highest BCUT2D eigenvalue weighted by Gasteiger charge is 2.28. The number of benzene rings is 1. The lowest BCUT2D eigenvalue weighted by Gasteiger charge is -2.34. The Labute approximate surface area is 100.0 Å². The lowest BCUT2D eigenvalue weighted by atomic mass is 9.82. The molecule has 0 radical (unpaired) electrons. The highest BCUT2D eigenvalue weighted by Crippen LogP contribution is 2.29. The van der Waals surface area contributed by atoms with Crippen molar-refractivity contribution in [1.82, 2.24) is 0 Å². The van der Waals surface area contributed by atoms with E-state index in [9.17, 15) is 4.39 Å². The fraction of sp³-hybridized carbons (Fsp3) is 0.462. The van der Waals surface area contributed by atoms with Crippen molar-refractivity contribution in [3.8, 4) is 6.07 Å². The van der Waals surface area contributed by atoms with Gasteiger partial charge in [0.2, 0.25) is 0 Å². The number of hydrogen-bond donors (Lipinski definition) is 1. The van der Waals surface area contributed by atoms with Gasteiger partial charge in [-0.05, 0) is 43.0 Å². The van der Waals surface area contributed by atoms with Crippen LogP contribution in [0.5, 0.6) is 0 Å². The summed E-state index contributed by atoms with van der Waals surface area (Å²) in [6.45, 7) is 1.14. The van der Waals surface area contributed by atoms with Crippen LogP contribution in [-0.2, 0) is 11.3 Å². The molecule has 2 N–H and O–H groups in total. The standard InChI is InChI=1S/C13H15FN2O/c14-13-2-1-9(3-11(13)7-16)8-17-12-4-10(5-12)6-15/h1-3,10,12H,4-6,8,15H2. The van der Waals surface area contributed by atoms with Crippen molar-refractivity contribution in [2.45, 2.75) is 25.6 Å². The number of nitriles is 1. The van der Waals surface area contributed by atoms with Crippen LogP contribution in [-0.4, -0.2) is 12.6 Å². The molecule has 0 saturated heterocycles. The van der Waals surface area contributed by atoms with E-state index in [1.165, 1.54) is 12.1 Å². The number of halogens is 1. The summed E-state index contributed by atoms with van der Waals surface area (Å²) in [7, 11) is 0. The Balaban J connectivity index is 1.86. The Bertz CT molecular complexity index is 436. The molecular formula is C13H15FN2O. The van der Waals surface area contributed by atoms with Gasteiger partial charge in [-0.2, -0.15) is 5.26 Å². The van der Waals surface area contributed by atoms with Crippen LogP contribution in [0.2, 0.25) is 0 Å². The largest absolute Gasteiger partial charge is 0.374 e. The molecule has 1 fully saturated rings. The molecule has 0 spiro atoms. The highest BCUT2D eigenvalue weighted by molar-refractivity contribution is 5.34. The van der Waals surface area contributed by atoms with E-state index in [1.807, 2.05) is 6.07 Å². The van der Waals surface area contributed by atoms with E-state index in [0.29, 0.717) is 12.5 Å². The van der Waals surface area contributed by atoms with Crippen LogP contribution in [0.15, 0.2) is 18.2 Å². The Morgan fingerprint density at radius 3 is 2.88 bits per heavy atom. The number of ether oxygens (including phenoxy) is 1. The van der Waals surface area contributed by atoms with Crippen molar-refractivity contribution >= 4 is 0 Å². The molecule has 90 valence electrons. The third-order valence-electron chi connectivity index (χ3n) is 3.16. The Kier molecular flexibility index (Phi) is 3.72. The quantitative estimate of drug-likeness (QED) is 0.866. The summed E-state index contributed by atoms with van der Waals surface area (Å²) < 4.78 is 18.7. The molecule has 1 aliphatic rings. The zero-order valence-electron chi connectivity index (χ0n) is 9.53. The Morgan fingerprint density at radius 1 is 1.47 bits per heavy atom. The van der Waals surface area contributed by atoms with Crippen LogP contribution in [0.25, 0.3) is 0 Å². The van der Waals surface area contributed by atoms with Gasteiger partial charge in [0.05, 0.1) is 18.3 Å². The summed E-state index contributed by atoms with van der Waals surface area (Å²) in [4.78, 5) is 0. The van der Waals surface area contributed by atoms with Gasteiger partial charge in [0, 0.05) is 0 Å². The number of nitrogens with two attached hydrogens (primary N) is 1. The predicted octanol–water partition coefficient (Wildman–Crippen LogP) is 1.95. The molecule has 1 aromatic carbocycles. The highest BCUT2D eigenvalue weighted by atomic mass is 19.1. The van der Waals surface area contributed by atoms with Gasteiger partial charge in [-0.3, -0.25) is 0 Å². The first-order valence-corrected chi connectivity index (χ1v) is 5.73. The van der Waals surface area contributed by atoms with E-state index >= 15 is 0 Å². The van der Waals surface area contributed by atoms with Gasteiger partial charge < -0.3 is 10.5 Å². The number of nitrogens with zero attached hydrogens (tertiary/aromatic N) is 1. The molecule has 3 nitrogen and oxygen atoms in total. The first-order valence-electron chi connectivity index (χ1n) is 5.73. The molecule has 1 saturated carbocycles. The molecule has 1 aliphatic carbocycles. The number of rotatable bonds is 4. The maximum absolute atomic E-state index is 13.1. The summed E-state index contributed by atoms with van der Waals surface area (Å²) in [6, 6.07) is 6.31. The maximum Gasteiger partial charge on any atom is 0.140 e. The molecule has 0 heterocycles. The van der Waals surface area contributed by atoms with E-state index < -0.39 is 5.82 Å². The molecule has 1 aromatic rings. The molecule has 0 aliphatic heterocycles. The molecule has 0 unspecified atom stereocenters. The van der Waals surface area contributed by atoms with Crippen LogP contribution in [0.1, 0.15) is 24.0 Å². The molecule has 0 atom stereocenters. The zero-order chi connectivity index (χ0) is 12.3. The fourth-order valence-corrected chi connectivity index (χ4v) is 1.97. The molecule has 2 rings (SSSR count). The second-order valence-corrected chi connectivity index (χ2v) is 4.43. The van der Waals surface area contributed by atoms with Crippen molar-refractivity contribution in [3.63, 3.8) is 0 Å². The summed E-state index contributed by atoms with van der Waals surface area (Å²) in [5, 5.41) is 8.70. The minimum absolute atomic E-state index is 0.0690. The Morgan fingerprint density at radius 2 is 2.24 bits per heavy atom. The van der Waals surface area contributed by atoms with E-state index in [0.717, 1.165) is 24.9 Å². The van der Waals surface area contributed by atoms with Gasteiger partial charge in [0.1, 0.15) is 11.9 Å². The molecule has 17 heavy (non-hydrogen) atoms. The van der Waals surface area contributed by atoms with Crippen LogP contribution in [0.4, 0.5) is 4.39 Å². The molecule has 0 bridgehead atoms. The van der Waals surface area contributed by atoms with Crippen molar-refractivity contribution in [1.29, 1.82) is 5.26 Å². The zero-order valence-corrected chi connectivity index (χ0v) is 9.53. The third-order valence-corrected chi connectivity index (χ3v) is 3.16. The van der Waals surface area contributed by atoms with Crippen LogP contribution in [0.3, 0.4) is 0 Å². The summed E-state index contributed by atoms with van der Waals surface area (Å²) in [5.41, 5.74) is 6.43. The van der Waals surface area contributed by atoms with Crippen molar-refractivity contribution < 1.29 is 9.13 Å². The third kappa shape index (κ3) is 2.82. The monoisotopic (exact) mass is 234 g/mol. The van der Waals surface area contributed by atoms with Gasteiger partial charge >= 0.3 is 0 Å². The lowest BCUT2D eigenvalue weighted by Crippen LogP contribution is -2.35. The van der Waals surface area contributed by atoms with Crippen molar-refractivity contribution in [2.24, 2.45) is 11.7 Å². The minimum atomic E-state index is -0.483. The van der Waals surface area contributed by atoms with Gasteiger partial charge in [0.15, 0.2) is 0 Å². The molecule has 4 heteroatoms. The average molecular weight is 234 g/mol. The van der Waals surface area contributed by atoms with Crippen LogP contribution >= 0.6 is 0 Å². The number of hydrogen-bond acceptors (Lipinski definition) is 3. The SMILES string of the molecule is N#Cc1cc(COC2CC(CN)C2)ccc1F. The second kappa shape index (κ2) is 5.26. The molecule has 0 amide bonds. The summed E-state index contributed by atoms with van der Waals surface area (Å²) in [6.07, 6.45) is 2.27. The predicted molar refractivity (Wildman–Crippen MR) is 61.5 cm³/mol. The normalized spacial score (nSPS) is 22.9. The van der Waals surface area contributed by atoms with Gasteiger partial charge in [-0.1, -0.05) is 6.07 Å². The maximum atomic E-state index is 13.1. The molecule has 0 aromatic heterocycles. The topological polar surface area (TPSA) is 59.0 Å². The van der Waals surface area contributed by atoms with Gasteiger partial charge in [-0.15, -0.1) is 0 Å². The van der Waals surface area contributed by atoms with Gasteiger partial charge in [-0.25, -0.2) is 4.39 Å². The minimum Gasteiger partial charge on any atom is -0.374 e. The first kappa shape index (κ1) is 12.0. The van der Waals surface area contributed by atoms with Crippen LogP contribution < -0.4 is 5.73 Å². The lowest BCUT2D eigenvalue weighted by molar-refractivity contribution is -0.0376. The van der Waals surface area contributed by atoms with E-state index in [4.69, 9.17) is 15.7 Å².